The predicted octanol–water partition coefficient (Wildman–Crippen LogP) is 3.54. The van der Waals surface area contributed by atoms with Crippen molar-refractivity contribution in [3.8, 4) is 0 Å². The van der Waals surface area contributed by atoms with Gasteiger partial charge in [-0.15, -0.1) is 0 Å². The molecule has 28 heavy (non-hydrogen) atoms. The van der Waals surface area contributed by atoms with Crippen molar-refractivity contribution in [1.29, 1.82) is 0 Å². The highest BCUT2D eigenvalue weighted by Gasteiger charge is 2.33. The van der Waals surface area contributed by atoms with Crippen molar-refractivity contribution < 1.29 is 13.2 Å². The Hall–Kier alpha value is -1.93. The third-order valence-corrected chi connectivity index (χ3v) is 6.21. The summed E-state index contributed by atoms with van der Waals surface area (Å²) in [4.78, 5) is 14.7. The average molecular weight is 422 g/mol. The number of benzene rings is 2. The summed E-state index contributed by atoms with van der Waals surface area (Å²) >= 11 is 6.35. The van der Waals surface area contributed by atoms with E-state index in [2.05, 4.69) is 17.1 Å². The highest BCUT2D eigenvalue weighted by Crippen LogP contribution is 2.36. The lowest BCUT2D eigenvalue weighted by Gasteiger charge is -2.30. The molecule has 1 fully saturated rings. The van der Waals surface area contributed by atoms with Crippen molar-refractivity contribution >= 4 is 33.2 Å². The molecule has 0 bridgehead atoms. The molecule has 1 amide bonds. The Balaban J connectivity index is 1.60. The van der Waals surface area contributed by atoms with E-state index in [1.54, 1.807) is 0 Å². The van der Waals surface area contributed by atoms with E-state index in [0.717, 1.165) is 23.4 Å². The van der Waals surface area contributed by atoms with E-state index < -0.39 is 10.0 Å². The lowest BCUT2D eigenvalue weighted by molar-refractivity contribution is -0.116. The summed E-state index contributed by atoms with van der Waals surface area (Å²) in [6.07, 6.45) is 2.60. The van der Waals surface area contributed by atoms with Crippen LogP contribution in [0.4, 0.5) is 5.69 Å². The van der Waals surface area contributed by atoms with Gasteiger partial charge in [-0.3, -0.25) is 9.69 Å². The van der Waals surface area contributed by atoms with E-state index in [4.69, 9.17) is 16.7 Å². The van der Waals surface area contributed by atoms with Crippen molar-refractivity contribution in [2.75, 3.05) is 11.9 Å². The molecule has 150 valence electrons. The Kier molecular flexibility index (Phi) is 6.40. The molecule has 3 rings (SSSR count). The molecule has 1 atom stereocenters. The van der Waals surface area contributed by atoms with Gasteiger partial charge in [-0.2, -0.15) is 0 Å². The van der Waals surface area contributed by atoms with Gasteiger partial charge in [-0.05, 0) is 55.7 Å². The first-order chi connectivity index (χ1) is 13.3. The highest BCUT2D eigenvalue weighted by atomic mass is 35.5. The third kappa shape index (κ3) is 5.32. The lowest BCUT2D eigenvalue weighted by Crippen LogP contribution is -2.32. The molecular formula is C20H24ClN3O3S. The maximum atomic E-state index is 12.4. The smallest absolute Gasteiger partial charge is 0.238 e. The minimum Gasteiger partial charge on any atom is -0.326 e. The zero-order valence-electron chi connectivity index (χ0n) is 15.6. The maximum Gasteiger partial charge on any atom is 0.238 e. The van der Waals surface area contributed by atoms with Crippen LogP contribution in [0.5, 0.6) is 0 Å². The number of halogens is 1. The third-order valence-electron chi connectivity index (χ3n) is 4.93. The highest BCUT2D eigenvalue weighted by molar-refractivity contribution is 7.89. The van der Waals surface area contributed by atoms with Crippen LogP contribution in [-0.4, -0.2) is 31.8 Å². The zero-order chi connectivity index (χ0) is 20.3. The van der Waals surface area contributed by atoms with Crippen molar-refractivity contribution in [3.63, 3.8) is 0 Å². The molecule has 0 radical (unpaired) electrons. The van der Waals surface area contributed by atoms with Crippen LogP contribution < -0.4 is 10.5 Å². The number of anilines is 1. The first-order valence-electron chi connectivity index (χ1n) is 9.18. The predicted molar refractivity (Wildman–Crippen MR) is 111 cm³/mol. The van der Waals surface area contributed by atoms with Crippen LogP contribution in [0.1, 0.15) is 37.8 Å². The Morgan fingerprint density at radius 3 is 2.43 bits per heavy atom. The summed E-state index contributed by atoms with van der Waals surface area (Å²) in [6, 6.07) is 14.2. The molecule has 0 heterocycles. The molecule has 1 saturated carbocycles. The standard InChI is InChI=1S/C20H24ClN3O3S/c1-14(18-4-2-3-5-19(18)21)24(16-8-9-16)13-12-20(25)23-15-6-10-17(11-7-15)28(22,26)27/h2-7,10-11,14,16H,8-9,12-13H2,1H3,(H,23,25)(H2,22,26,27). The monoisotopic (exact) mass is 421 g/mol. The Morgan fingerprint density at radius 1 is 1.21 bits per heavy atom. The molecule has 0 aliphatic heterocycles. The minimum atomic E-state index is -3.74. The molecule has 8 heteroatoms. The van der Waals surface area contributed by atoms with Gasteiger partial charge in [0.05, 0.1) is 4.90 Å². The van der Waals surface area contributed by atoms with Crippen molar-refractivity contribution in [2.45, 2.75) is 43.2 Å². The summed E-state index contributed by atoms with van der Waals surface area (Å²) in [5, 5.41) is 8.61. The SMILES string of the molecule is CC(c1ccccc1Cl)N(CCC(=O)Nc1ccc(S(N)(=O)=O)cc1)C1CC1. The quantitative estimate of drug-likeness (QED) is 0.681. The van der Waals surface area contributed by atoms with Crippen LogP contribution in [0.3, 0.4) is 0 Å². The van der Waals surface area contributed by atoms with Crippen LogP contribution in [0.2, 0.25) is 5.02 Å². The number of hydrogen-bond acceptors (Lipinski definition) is 4. The Morgan fingerprint density at radius 2 is 1.86 bits per heavy atom. The number of nitrogens with two attached hydrogens (primary N) is 1. The van der Waals surface area contributed by atoms with Crippen LogP contribution in [0, 0.1) is 0 Å². The van der Waals surface area contributed by atoms with Gasteiger partial charge in [-0.1, -0.05) is 29.8 Å². The van der Waals surface area contributed by atoms with Crippen molar-refractivity contribution in [3.05, 3.63) is 59.1 Å². The van der Waals surface area contributed by atoms with Crippen LogP contribution in [0.15, 0.2) is 53.4 Å². The number of amides is 1. The van der Waals surface area contributed by atoms with E-state index >= 15 is 0 Å². The summed E-state index contributed by atoms with van der Waals surface area (Å²) in [5.74, 6) is -0.125. The Bertz CT molecular complexity index is 943. The molecular weight excluding hydrogens is 398 g/mol. The molecule has 1 aliphatic rings. The fraction of sp³-hybridized carbons (Fsp3) is 0.350. The second-order valence-electron chi connectivity index (χ2n) is 7.03. The maximum absolute atomic E-state index is 12.4. The molecule has 0 spiro atoms. The van der Waals surface area contributed by atoms with Gasteiger partial charge in [0.15, 0.2) is 0 Å². The fourth-order valence-electron chi connectivity index (χ4n) is 3.27. The largest absolute Gasteiger partial charge is 0.326 e. The van der Waals surface area contributed by atoms with Crippen molar-refractivity contribution in [2.24, 2.45) is 5.14 Å². The normalized spacial score (nSPS) is 15.4. The summed E-state index contributed by atoms with van der Waals surface area (Å²) in [6.45, 7) is 2.74. The molecule has 1 aliphatic carbocycles. The lowest BCUT2D eigenvalue weighted by atomic mass is 10.1. The number of nitrogens with zero attached hydrogens (tertiary/aromatic N) is 1. The number of nitrogens with one attached hydrogen (secondary N) is 1. The van der Waals surface area contributed by atoms with Crippen LogP contribution in [-0.2, 0) is 14.8 Å². The molecule has 1 unspecified atom stereocenters. The van der Waals surface area contributed by atoms with Gasteiger partial charge in [0.25, 0.3) is 0 Å². The molecule has 3 N–H and O–H groups in total. The van der Waals surface area contributed by atoms with Crippen LogP contribution >= 0.6 is 11.6 Å². The topological polar surface area (TPSA) is 92.5 Å². The number of sulfonamides is 1. The zero-order valence-corrected chi connectivity index (χ0v) is 17.2. The summed E-state index contributed by atoms with van der Waals surface area (Å²) in [7, 11) is -3.74. The molecule has 2 aromatic carbocycles. The Labute approximate surface area is 170 Å². The van der Waals surface area contributed by atoms with Gasteiger partial charge in [-0.25, -0.2) is 13.6 Å². The van der Waals surface area contributed by atoms with Gasteiger partial charge < -0.3 is 5.32 Å². The summed E-state index contributed by atoms with van der Waals surface area (Å²) < 4.78 is 22.6. The van der Waals surface area contributed by atoms with Gasteiger partial charge in [0, 0.05) is 35.8 Å². The first-order valence-corrected chi connectivity index (χ1v) is 11.1. The van der Waals surface area contributed by atoms with Gasteiger partial charge in [0.1, 0.15) is 0 Å². The molecule has 0 aromatic heterocycles. The average Bonchev–Trinajstić information content (AvgIpc) is 3.47. The first kappa shape index (κ1) is 20.8. The van der Waals surface area contributed by atoms with E-state index in [1.165, 1.54) is 24.3 Å². The van der Waals surface area contributed by atoms with Gasteiger partial charge >= 0.3 is 0 Å². The van der Waals surface area contributed by atoms with E-state index in [9.17, 15) is 13.2 Å². The van der Waals surface area contributed by atoms with E-state index in [-0.39, 0.29) is 16.8 Å². The molecule has 2 aromatic rings. The summed E-state index contributed by atoms with van der Waals surface area (Å²) in [5.41, 5.74) is 1.60. The number of primary sulfonamides is 1. The molecule has 0 saturated heterocycles. The number of carbonyl (C=O) groups excluding carboxylic acids is 1. The van der Waals surface area contributed by atoms with E-state index in [1.807, 2.05) is 24.3 Å². The number of carbonyl (C=O) groups is 1. The van der Waals surface area contributed by atoms with Crippen molar-refractivity contribution in [1.82, 2.24) is 4.90 Å². The second kappa shape index (κ2) is 8.61. The number of hydrogen-bond donors (Lipinski definition) is 2. The second-order valence-corrected chi connectivity index (χ2v) is 9.00. The van der Waals surface area contributed by atoms with Gasteiger partial charge in [0.2, 0.25) is 15.9 Å². The number of rotatable bonds is 8. The fourth-order valence-corrected chi connectivity index (χ4v) is 4.08. The van der Waals surface area contributed by atoms with Crippen LogP contribution in [0.25, 0.3) is 0 Å². The minimum absolute atomic E-state index is 0.0129. The molecule has 6 nitrogen and oxygen atoms in total. The van der Waals surface area contributed by atoms with E-state index in [0.29, 0.717) is 24.7 Å².